The van der Waals surface area contributed by atoms with E-state index in [9.17, 15) is 4.91 Å². The maximum Gasteiger partial charge on any atom is 0.0879 e. The minimum Gasteiger partial charge on any atom is -0.302 e. The zero-order valence-corrected chi connectivity index (χ0v) is 8.84. The summed E-state index contributed by atoms with van der Waals surface area (Å²) < 4.78 is 0. The fourth-order valence-electron chi connectivity index (χ4n) is 1.96. The third-order valence-corrected chi connectivity index (χ3v) is 2.84. The number of piperazine rings is 1. The largest absolute Gasteiger partial charge is 0.302 e. The van der Waals surface area contributed by atoms with Gasteiger partial charge >= 0.3 is 0 Å². The highest BCUT2D eigenvalue weighted by atomic mass is 16.3. The Labute approximate surface area is 89.4 Å². The Kier molecular flexibility index (Phi) is 2.97. The average molecular weight is 205 g/mol. The summed E-state index contributed by atoms with van der Waals surface area (Å²) in [6.07, 6.45) is 0. The van der Waals surface area contributed by atoms with Crippen molar-refractivity contribution in [1.82, 2.24) is 9.91 Å². The smallest absolute Gasteiger partial charge is 0.0879 e. The molecular formula is C11H15N3O. The van der Waals surface area contributed by atoms with Gasteiger partial charge in [-0.25, -0.2) is 0 Å². The Morgan fingerprint density at radius 3 is 2.67 bits per heavy atom. The average Bonchev–Trinajstić information content (AvgIpc) is 2.30. The van der Waals surface area contributed by atoms with Crippen molar-refractivity contribution < 1.29 is 0 Å². The summed E-state index contributed by atoms with van der Waals surface area (Å²) >= 11 is 0. The van der Waals surface area contributed by atoms with Crippen LogP contribution in [0.25, 0.3) is 0 Å². The first kappa shape index (κ1) is 10.1. The molecule has 1 fully saturated rings. The molecule has 1 aromatic rings. The number of rotatable bonds is 2. The van der Waals surface area contributed by atoms with Crippen molar-refractivity contribution in [3.63, 3.8) is 0 Å². The number of nitroso groups, excluding NO2 is 1. The minimum atomic E-state index is 0.0995. The summed E-state index contributed by atoms with van der Waals surface area (Å²) in [7, 11) is 2.07. The molecule has 1 saturated heterocycles. The van der Waals surface area contributed by atoms with Crippen molar-refractivity contribution in [2.24, 2.45) is 5.29 Å². The van der Waals surface area contributed by atoms with Crippen LogP contribution in [0.1, 0.15) is 11.6 Å². The molecule has 0 spiro atoms. The van der Waals surface area contributed by atoms with Crippen LogP contribution in [-0.2, 0) is 0 Å². The van der Waals surface area contributed by atoms with Gasteiger partial charge < -0.3 is 4.90 Å². The van der Waals surface area contributed by atoms with E-state index in [1.807, 2.05) is 30.3 Å². The van der Waals surface area contributed by atoms with Crippen LogP contribution in [0.15, 0.2) is 35.6 Å². The van der Waals surface area contributed by atoms with E-state index >= 15 is 0 Å². The summed E-state index contributed by atoms with van der Waals surface area (Å²) in [4.78, 5) is 12.9. The molecule has 2 rings (SSSR count). The lowest BCUT2D eigenvalue weighted by atomic mass is 10.0. The van der Waals surface area contributed by atoms with Gasteiger partial charge in [-0.05, 0) is 12.6 Å². The van der Waals surface area contributed by atoms with Crippen LogP contribution in [0, 0.1) is 4.91 Å². The van der Waals surface area contributed by atoms with Gasteiger partial charge in [0.2, 0.25) is 0 Å². The molecule has 0 N–H and O–H groups in total. The van der Waals surface area contributed by atoms with Crippen LogP contribution in [0.2, 0.25) is 0 Å². The van der Waals surface area contributed by atoms with Gasteiger partial charge in [0, 0.05) is 13.1 Å². The van der Waals surface area contributed by atoms with Gasteiger partial charge in [0.15, 0.2) is 0 Å². The van der Waals surface area contributed by atoms with Crippen molar-refractivity contribution in [3.8, 4) is 0 Å². The van der Waals surface area contributed by atoms with Crippen LogP contribution >= 0.6 is 0 Å². The lowest BCUT2D eigenvalue weighted by Gasteiger charge is -2.36. The second kappa shape index (κ2) is 4.40. The van der Waals surface area contributed by atoms with Crippen molar-refractivity contribution >= 4 is 0 Å². The van der Waals surface area contributed by atoms with Crippen LogP contribution in [-0.4, -0.2) is 36.6 Å². The van der Waals surface area contributed by atoms with E-state index in [2.05, 4.69) is 17.2 Å². The number of hydrogen-bond donors (Lipinski definition) is 0. The standard InChI is InChI=1S/C11H15N3O/c1-13-7-8-14(12-15)11(9-13)10-5-3-2-4-6-10/h2-6,11H,7-9H2,1H3. The number of benzene rings is 1. The molecule has 1 aliphatic heterocycles. The van der Waals surface area contributed by atoms with Gasteiger partial charge in [0.05, 0.1) is 17.9 Å². The molecule has 0 aromatic heterocycles. The Morgan fingerprint density at radius 1 is 1.27 bits per heavy atom. The van der Waals surface area contributed by atoms with Crippen molar-refractivity contribution in [2.45, 2.75) is 6.04 Å². The van der Waals surface area contributed by atoms with Crippen molar-refractivity contribution in [1.29, 1.82) is 0 Å². The summed E-state index contributed by atoms with van der Waals surface area (Å²) in [6, 6.07) is 10.2. The molecule has 1 atom stereocenters. The molecule has 1 unspecified atom stereocenters. The highest BCUT2D eigenvalue weighted by Gasteiger charge is 2.26. The molecule has 1 aromatic carbocycles. The lowest BCUT2D eigenvalue weighted by molar-refractivity contribution is 0.0914. The maximum atomic E-state index is 10.7. The normalized spacial score (nSPS) is 22.7. The van der Waals surface area contributed by atoms with E-state index in [0.717, 1.165) is 18.7 Å². The summed E-state index contributed by atoms with van der Waals surface area (Å²) in [6.45, 7) is 2.46. The second-order valence-corrected chi connectivity index (χ2v) is 3.93. The number of hydrogen-bond acceptors (Lipinski definition) is 3. The molecule has 0 saturated carbocycles. The zero-order valence-electron chi connectivity index (χ0n) is 8.84. The van der Waals surface area contributed by atoms with Gasteiger partial charge in [-0.15, -0.1) is 4.91 Å². The molecule has 1 heterocycles. The van der Waals surface area contributed by atoms with Crippen LogP contribution in [0.3, 0.4) is 0 Å². The SMILES string of the molecule is CN1CCN(N=O)C(c2ccccc2)C1. The molecule has 0 bridgehead atoms. The predicted molar refractivity (Wildman–Crippen MR) is 59.2 cm³/mol. The molecule has 4 heteroatoms. The highest BCUT2D eigenvalue weighted by Crippen LogP contribution is 2.24. The molecule has 0 radical (unpaired) electrons. The quantitative estimate of drug-likeness (QED) is 0.689. The van der Waals surface area contributed by atoms with Gasteiger partial charge in [0.1, 0.15) is 0 Å². The molecule has 0 aliphatic carbocycles. The first-order chi connectivity index (χ1) is 7.31. The Balaban J connectivity index is 2.20. The van der Waals surface area contributed by atoms with Crippen molar-refractivity contribution in [2.75, 3.05) is 26.7 Å². The first-order valence-electron chi connectivity index (χ1n) is 5.14. The van der Waals surface area contributed by atoms with Gasteiger partial charge in [0.25, 0.3) is 0 Å². The molecule has 4 nitrogen and oxygen atoms in total. The van der Waals surface area contributed by atoms with Gasteiger partial charge in [-0.3, -0.25) is 5.01 Å². The van der Waals surface area contributed by atoms with Crippen LogP contribution in [0.4, 0.5) is 0 Å². The van der Waals surface area contributed by atoms with E-state index < -0.39 is 0 Å². The second-order valence-electron chi connectivity index (χ2n) is 3.93. The van der Waals surface area contributed by atoms with E-state index in [4.69, 9.17) is 0 Å². The fraction of sp³-hybridized carbons (Fsp3) is 0.455. The van der Waals surface area contributed by atoms with Crippen molar-refractivity contribution in [3.05, 3.63) is 40.8 Å². The Morgan fingerprint density at radius 2 is 2.00 bits per heavy atom. The first-order valence-corrected chi connectivity index (χ1v) is 5.14. The monoisotopic (exact) mass is 205 g/mol. The van der Waals surface area contributed by atoms with E-state index in [1.54, 1.807) is 5.01 Å². The highest BCUT2D eigenvalue weighted by molar-refractivity contribution is 5.19. The summed E-state index contributed by atoms with van der Waals surface area (Å²) in [5.41, 5.74) is 1.16. The van der Waals surface area contributed by atoms with E-state index in [0.29, 0.717) is 6.54 Å². The number of likely N-dealkylation sites (N-methyl/N-ethyl adjacent to an activating group) is 1. The fourth-order valence-corrected chi connectivity index (χ4v) is 1.96. The molecule has 1 aliphatic rings. The van der Waals surface area contributed by atoms with Gasteiger partial charge in [-0.2, -0.15) is 0 Å². The lowest BCUT2D eigenvalue weighted by Crippen LogP contribution is -2.44. The topological polar surface area (TPSA) is 35.9 Å². The molecule has 15 heavy (non-hydrogen) atoms. The van der Waals surface area contributed by atoms with Crippen LogP contribution < -0.4 is 0 Å². The predicted octanol–water partition coefficient (Wildman–Crippen LogP) is 1.66. The third kappa shape index (κ3) is 2.15. The third-order valence-electron chi connectivity index (χ3n) is 2.84. The zero-order chi connectivity index (χ0) is 10.7. The van der Waals surface area contributed by atoms with Gasteiger partial charge in [-0.1, -0.05) is 30.3 Å². The minimum absolute atomic E-state index is 0.0995. The van der Waals surface area contributed by atoms with E-state index in [-0.39, 0.29) is 6.04 Å². The maximum absolute atomic E-state index is 10.7. The molecule has 80 valence electrons. The summed E-state index contributed by atoms with van der Waals surface area (Å²) in [5.74, 6) is 0. The molecule has 0 amide bonds. The number of nitrogens with zero attached hydrogens (tertiary/aromatic N) is 3. The molecular weight excluding hydrogens is 190 g/mol. The summed E-state index contributed by atoms with van der Waals surface area (Å²) in [5, 5.41) is 4.73. The van der Waals surface area contributed by atoms with E-state index in [1.165, 1.54) is 0 Å². The van der Waals surface area contributed by atoms with Crippen LogP contribution in [0.5, 0.6) is 0 Å². The Hall–Kier alpha value is -1.42. The Bertz CT molecular complexity index is 328.